The molecule has 1 unspecified atom stereocenters. The van der Waals surface area contributed by atoms with Crippen LogP contribution in [-0.2, 0) is 6.42 Å². The van der Waals surface area contributed by atoms with Crippen LogP contribution in [0.2, 0.25) is 0 Å². The number of aliphatic hydroxyl groups excluding tert-OH is 1. The molecule has 1 atom stereocenters. The number of aryl methyl sites for hydroxylation is 1. The van der Waals surface area contributed by atoms with Crippen molar-refractivity contribution in [3.8, 4) is 10.6 Å². The summed E-state index contributed by atoms with van der Waals surface area (Å²) in [5.74, 6) is 0.334. The van der Waals surface area contributed by atoms with Crippen LogP contribution in [0.3, 0.4) is 0 Å². The minimum atomic E-state index is -0.978. The maximum atomic E-state index is 11.0. The molecule has 0 spiro atoms. The second kappa shape index (κ2) is 9.05. The van der Waals surface area contributed by atoms with Gasteiger partial charge in [0.1, 0.15) is 28.3 Å². The number of hydrogen-bond acceptors (Lipinski definition) is 8. The van der Waals surface area contributed by atoms with Crippen molar-refractivity contribution in [3.63, 3.8) is 0 Å². The number of aromatic nitrogens is 3. The van der Waals surface area contributed by atoms with Crippen LogP contribution in [0.1, 0.15) is 32.6 Å². The predicted molar refractivity (Wildman–Crippen MR) is 129 cm³/mol. The fourth-order valence-corrected chi connectivity index (χ4v) is 4.43. The van der Waals surface area contributed by atoms with E-state index < -0.39 is 12.1 Å². The summed E-state index contributed by atoms with van der Waals surface area (Å²) >= 11 is 1.37. The molecule has 1 aromatic carbocycles. The van der Waals surface area contributed by atoms with Gasteiger partial charge in [0, 0.05) is 18.7 Å². The number of carboxylic acid groups (broad SMARTS) is 1. The molecule has 8 nitrogen and oxygen atoms in total. The Morgan fingerprint density at radius 2 is 1.91 bits per heavy atom. The van der Waals surface area contributed by atoms with Gasteiger partial charge >= 0.3 is 5.97 Å². The molecular weight excluding hydrogens is 452 g/mol. The van der Waals surface area contributed by atoms with Gasteiger partial charge in [-0.25, -0.2) is 19.7 Å². The first-order valence-corrected chi connectivity index (χ1v) is 11.3. The second-order valence-corrected chi connectivity index (χ2v) is 8.89. The molecule has 4 heterocycles. The molecule has 5 aromatic rings. The van der Waals surface area contributed by atoms with Gasteiger partial charge in [0.25, 0.3) is 0 Å². The number of fused-ring (bicyclic) bond motifs is 1. The fourth-order valence-electron chi connectivity index (χ4n) is 3.57. The van der Waals surface area contributed by atoms with Gasteiger partial charge in [0.15, 0.2) is 5.58 Å². The first-order chi connectivity index (χ1) is 16.4. The molecule has 0 saturated carbocycles. The molecule has 0 aliphatic rings. The zero-order valence-electron chi connectivity index (χ0n) is 18.1. The Labute approximate surface area is 198 Å². The van der Waals surface area contributed by atoms with E-state index in [1.807, 2.05) is 31.2 Å². The highest BCUT2D eigenvalue weighted by atomic mass is 32.1. The van der Waals surface area contributed by atoms with Crippen LogP contribution in [0.25, 0.3) is 21.7 Å². The number of rotatable bonds is 7. The normalized spacial score (nSPS) is 12.1. The number of thiazole rings is 1. The number of pyridine rings is 2. The van der Waals surface area contributed by atoms with Crippen molar-refractivity contribution >= 4 is 40.0 Å². The number of anilines is 2. The van der Waals surface area contributed by atoms with Crippen molar-refractivity contribution in [1.29, 1.82) is 0 Å². The zero-order valence-corrected chi connectivity index (χ0v) is 18.9. The van der Waals surface area contributed by atoms with E-state index in [4.69, 9.17) is 14.5 Å². The summed E-state index contributed by atoms with van der Waals surface area (Å²) in [5, 5.41) is 23.5. The monoisotopic (exact) mass is 472 g/mol. The highest BCUT2D eigenvalue weighted by Gasteiger charge is 2.16. The average molecular weight is 473 g/mol. The van der Waals surface area contributed by atoms with Gasteiger partial charge < -0.3 is 19.9 Å². The summed E-state index contributed by atoms with van der Waals surface area (Å²) in [5.41, 5.74) is 4.29. The molecule has 4 aromatic heterocycles. The zero-order chi connectivity index (χ0) is 23.7. The summed E-state index contributed by atoms with van der Waals surface area (Å²) in [6.45, 7) is 1.99. The number of furan rings is 1. The van der Waals surface area contributed by atoms with Gasteiger partial charge in [-0.15, -0.1) is 11.3 Å². The van der Waals surface area contributed by atoms with Crippen LogP contribution < -0.4 is 5.32 Å². The van der Waals surface area contributed by atoms with Gasteiger partial charge in [0.05, 0.1) is 22.4 Å². The summed E-state index contributed by atoms with van der Waals surface area (Å²) < 4.78 is 5.34. The van der Waals surface area contributed by atoms with Gasteiger partial charge in [-0.2, -0.15) is 0 Å². The Balaban J connectivity index is 1.33. The van der Waals surface area contributed by atoms with E-state index >= 15 is 0 Å². The van der Waals surface area contributed by atoms with E-state index in [0.29, 0.717) is 23.1 Å². The van der Waals surface area contributed by atoms with Gasteiger partial charge in [0.2, 0.25) is 0 Å². The molecule has 0 aliphatic carbocycles. The number of nitrogens with zero attached hydrogens (tertiary/aromatic N) is 3. The number of hydrogen-bond donors (Lipinski definition) is 3. The quantitative estimate of drug-likeness (QED) is 0.289. The van der Waals surface area contributed by atoms with E-state index in [2.05, 4.69) is 15.3 Å². The molecule has 0 fully saturated rings. The minimum absolute atomic E-state index is 0.213. The smallest absolute Gasteiger partial charge is 0.335 e. The third-order valence-corrected chi connectivity index (χ3v) is 6.34. The maximum Gasteiger partial charge on any atom is 0.335 e. The van der Waals surface area contributed by atoms with Crippen LogP contribution >= 0.6 is 11.3 Å². The lowest BCUT2D eigenvalue weighted by atomic mass is 10.1. The topological polar surface area (TPSA) is 121 Å². The van der Waals surface area contributed by atoms with Crippen LogP contribution in [0.5, 0.6) is 0 Å². The molecule has 170 valence electrons. The van der Waals surface area contributed by atoms with Crippen LogP contribution in [-0.4, -0.2) is 31.1 Å². The lowest BCUT2D eigenvalue weighted by Gasteiger charge is -2.08. The average Bonchev–Trinajstić information content (AvgIpc) is 3.49. The highest BCUT2D eigenvalue weighted by molar-refractivity contribution is 7.15. The molecular formula is C25H20N4O4S. The van der Waals surface area contributed by atoms with Crippen molar-refractivity contribution in [2.45, 2.75) is 19.4 Å². The Morgan fingerprint density at radius 1 is 1.09 bits per heavy atom. The predicted octanol–water partition coefficient (Wildman–Crippen LogP) is 5.37. The fraction of sp³-hybridized carbons (Fsp3) is 0.120. The third-order valence-electron chi connectivity index (χ3n) is 5.22. The Kier molecular flexibility index (Phi) is 5.79. The Morgan fingerprint density at radius 3 is 2.71 bits per heavy atom. The summed E-state index contributed by atoms with van der Waals surface area (Å²) in [6, 6.07) is 15.9. The van der Waals surface area contributed by atoms with Crippen LogP contribution in [0, 0.1) is 6.92 Å². The SMILES string of the molecule is Cc1cc(Nc2ccc3occc3n2)nc(-c2cnc(C(O)Cc3ccc(C(=O)O)cc3)s2)c1. The van der Waals surface area contributed by atoms with Crippen molar-refractivity contribution in [2.24, 2.45) is 0 Å². The minimum Gasteiger partial charge on any atom is -0.478 e. The van der Waals surface area contributed by atoms with E-state index in [-0.39, 0.29) is 5.56 Å². The molecule has 0 saturated heterocycles. The highest BCUT2D eigenvalue weighted by Crippen LogP contribution is 2.31. The van der Waals surface area contributed by atoms with E-state index in [0.717, 1.165) is 32.8 Å². The largest absolute Gasteiger partial charge is 0.478 e. The number of carboxylic acids is 1. The van der Waals surface area contributed by atoms with Gasteiger partial charge in [-0.05, 0) is 54.4 Å². The second-order valence-electron chi connectivity index (χ2n) is 7.83. The lowest BCUT2D eigenvalue weighted by Crippen LogP contribution is -2.02. The van der Waals surface area contributed by atoms with Crippen molar-refractivity contribution in [1.82, 2.24) is 15.0 Å². The van der Waals surface area contributed by atoms with Crippen LogP contribution in [0.15, 0.2) is 71.5 Å². The maximum absolute atomic E-state index is 11.0. The number of benzene rings is 1. The molecule has 34 heavy (non-hydrogen) atoms. The standard InChI is InChI=1S/C25H20N4O4S/c1-14-10-18(28-23(11-14)29-22-7-6-20-17(27-22)8-9-33-20)21-13-26-24(34-21)19(30)12-15-2-4-16(5-3-15)25(31)32/h2-11,13,19,30H,12H2,1H3,(H,31,32)(H,27,28,29). The van der Waals surface area contributed by atoms with E-state index in [1.165, 1.54) is 23.5 Å². The molecule has 9 heteroatoms. The lowest BCUT2D eigenvalue weighted by molar-refractivity contribution is 0.0697. The molecule has 0 radical (unpaired) electrons. The Hall–Kier alpha value is -4.08. The molecule has 3 N–H and O–H groups in total. The third kappa shape index (κ3) is 4.66. The Bertz CT molecular complexity index is 1480. The molecule has 0 aliphatic heterocycles. The first kappa shape index (κ1) is 21.7. The number of carbonyl (C=O) groups is 1. The van der Waals surface area contributed by atoms with Crippen molar-refractivity contribution in [2.75, 3.05) is 5.32 Å². The van der Waals surface area contributed by atoms with E-state index in [9.17, 15) is 9.90 Å². The van der Waals surface area contributed by atoms with Crippen molar-refractivity contribution in [3.05, 3.63) is 88.8 Å². The van der Waals surface area contributed by atoms with E-state index in [1.54, 1.807) is 30.7 Å². The number of aliphatic hydroxyl groups is 1. The number of aromatic carboxylic acids is 1. The van der Waals surface area contributed by atoms with Crippen LogP contribution in [0.4, 0.5) is 11.6 Å². The summed E-state index contributed by atoms with van der Waals surface area (Å²) in [6.07, 6.45) is 2.84. The van der Waals surface area contributed by atoms with Crippen molar-refractivity contribution < 1.29 is 19.4 Å². The molecule has 0 bridgehead atoms. The molecule has 0 amide bonds. The summed E-state index contributed by atoms with van der Waals surface area (Å²) in [7, 11) is 0. The van der Waals surface area contributed by atoms with Gasteiger partial charge in [-0.1, -0.05) is 12.1 Å². The molecule has 5 rings (SSSR count). The van der Waals surface area contributed by atoms with Gasteiger partial charge in [-0.3, -0.25) is 0 Å². The number of nitrogens with one attached hydrogen (secondary N) is 1. The first-order valence-electron chi connectivity index (χ1n) is 10.5. The summed E-state index contributed by atoms with van der Waals surface area (Å²) in [4.78, 5) is 25.5.